The Morgan fingerprint density at radius 2 is 1.91 bits per heavy atom. The predicted molar refractivity (Wildman–Crippen MR) is 54.6 cm³/mol. The molecule has 0 radical (unpaired) electrons. The summed E-state index contributed by atoms with van der Waals surface area (Å²) in [5.74, 6) is 0. The first kappa shape index (κ1) is 10.6. The van der Waals surface area contributed by atoms with E-state index in [1.54, 1.807) is 0 Å². The van der Waals surface area contributed by atoms with Gasteiger partial charge in [0.25, 0.3) is 0 Å². The Bertz CT molecular complexity index is 174. The van der Waals surface area contributed by atoms with Gasteiger partial charge in [0.2, 0.25) is 0 Å². The van der Waals surface area contributed by atoms with Crippen molar-refractivity contribution in [3.8, 4) is 0 Å². The van der Waals surface area contributed by atoms with Crippen LogP contribution in [0.4, 0.5) is 0 Å². The lowest BCUT2D eigenvalue weighted by Crippen LogP contribution is -2.18. The van der Waals surface area contributed by atoms with Crippen LogP contribution >= 0.6 is 12.2 Å². The first-order valence-electron chi connectivity index (χ1n) is 3.88. The zero-order valence-electron chi connectivity index (χ0n) is 7.77. The third kappa shape index (κ3) is 4.14. The average molecular weight is 171 g/mol. The lowest BCUT2D eigenvalue weighted by atomic mass is 9.91. The molecule has 0 spiro atoms. The van der Waals surface area contributed by atoms with E-state index in [0.29, 0.717) is 0 Å². The summed E-state index contributed by atoms with van der Waals surface area (Å²) in [7, 11) is 0. The van der Waals surface area contributed by atoms with Crippen molar-refractivity contribution in [2.75, 3.05) is 0 Å². The Morgan fingerprint density at radius 3 is 2.18 bits per heavy atom. The molecule has 0 aromatic carbocycles. The van der Waals surface area contributed by atoms with Crippen molar-refractivity contribution in [2.24, 2.45) is 11.1 Å². The minimum Gasteiger partial charge on any atom is -0.402 e. The molecule has 0 aromatic heterocycles. The largest absolute Gasteiger partial charge is 0.402 e. The van der Waals surface area contributed by atoms with Gasteiger partial charge in [-0.1, -0.05) is 39.9 Å². The van der Waals surface area contributed by atoms with E-state index in [1.165, 1.54) is 0 Å². The maximum absolute atomic E-state index is 5.80. The topological polar surface area (TPSA) is 26.0 Å². The summed E-state index contributed by atoms with van der Waals surface area (Å²) in [6.45, 7) is 8.28. The summed E-state index contributed by atoms with van der Waals surface area (Å²) in [6, 6.07) is 0. The molecule has 0 rings (SSSR count). The van der Waals surface area contributed by atoms with Crippen LogP contribution in [0.25, 0.3) is 0 Å². The van der Waals surface area contributed by atoms with Crippen LogP contribution in [-0.4, -0.2) is 4.86 Å². The van der Waals surface area contributed by atoms with Crippen molar-refractivity contribution in [3.05, 3.63) is 11.8 Å². The number of allylic oxidation sites excluding steroid dienone is 2. The van der Waals surface area contributed by atoms with Gasteiger partial charge >= 0.3 is 0 Å². The van der Waals surface area contributed by atoms with Gasteiger partial charge in [-0.2, -0.15) is 0 Å². The van der Waals surface area contributed by atoms with Crippen molar-refractivity contribution >= 4 is 17.1 Å². The van der Waals surface area contributed by atoms with E-state index in [-0.39, 0.29) is 5.41 Å². The van der Waals surface area contributed by atoms with E-state index in [2.05, 4.69) is 20.8 Å². The highest BCUT2D eigenvalue weighted by Gasteiger charge is 2.13. The monoisotopic (exact) mass is 171 g/mol. The molecule has 0 aliphatic heterocycles. The maximum Gasteiger partial charge on any atom is 0.0166 e. The fraction of sp³-hybridized carbons (Fsp3) is 0.667. The number of rotatable bonds is 2. The van der Waals surface area contributed by atoms with Crippen LogP contribution in [0.5, 0.6) is 0 Å². The minimum absolute atomic E-state index is 0.0409. The SMILES string of the molecule is CCC(=S)/C=C(\N)C(C)(C)C. The van der Waals surface area contributed by atoms with Gasteiger partial charge < -0.3 is 5.73 Å². The van der Waals surface area contributed by atoms with Crippen molar-refractivity contribution in [1.29, 1.82) is 0 Å². The molecule has 0 fully saturated rings. The van der Waals surface area contributed by atoms with Crippen molar-refractivity contribution in [2.45, 2.75) is 34.1 Å². The summed E-state index contributed by atoms with van der Waals surface area (Å²) in [5.41, 5.74) is 6.71. The fourth-order valence-electron chi connectivity index (χ4n) is 0.492. The molecule has 0 aliphatic carbocycles. The molecule has 0 unspecified atom stereocenters. The van der Waals surface area contributed by atoms with Gasteiger partial charge in [-0.15, -0.1) is 0 Å². The maximum atomic E-state index is 5.80. The second kappa shape index (κ2) is 3.86. The number of nitrogens with two attached hydrogens (primary N) is 1. The third-order valence-electron chi connectivity index (χ3n) is 1.53. The van der Waals surface area contributed by atoms with Crippen molar-refractivity contribution < 1.29 is 0 Å². The third-order valence-corrected chi connectivity index (χ3v) is 1.94. The van der Waals surface area contributed by atoms with Gasteiger partial charge in [0.15, 0.2) is 0 Å². The molecule has 1 nitrogen and oxygen atoms in total. The molecule has 0 heterocycles. The highest BCUT2D eigenvalue weighted by Crippen LogP contribution is 2.20. The van der Waals surface area contributed by atoms with Gasteiger partial charge in [0.1, 0.15) is 0 Å². The Hall–Kier alpha value is -0.370. The highest BCUT2D eigenvalue weighted by molar-refractivity contribution is 7.80. The molecule has 0 aromatic rings. The lowest BCUT2D eigenvalue weighted by Gasteiger charge is -2.18. The van der Waals surface area contributed by atoms with Gasteiger partial charge in [-0.3, -0.25) is 0 Å². The van der Waals surface area contributed by atoms with E-state index < -0.39 is 0 Å². The van der Waals surface area contributed by atoms with Gasteiger partial charge in [-0.25, -0.2) is 0 Å². The van der Waals surface area contributed by atoms with Crippen LogP contribution in [0, 0.1) is 5.41 Å². The fourth-order valence-corrected chi connectivity index (χ4v) is 0.619. The summed E-state index contributed by atoms with van der Waals surface area (Å²) >= 11 is 5.04. The predicted octanol–water partition coefficient (Wildman–Crippen LogP) is 2.66. The van der Waals surface area contributed by atoms with Crippen LogP contribution in [0.2, 0.25) is 0 Å². The molecule has 0 atom stereocenters. The minimum atomic E-state index is 0.0409. The summed E-state index contributed by atoms with van der Waals surface area (Å²) in [6.07, 6.45) is 2.79. The number of thiocarbonyl (C=S) groups is 1. The van der Waals surface area contributed by atoms with E-state index in [1.807, 2.05) is 13.0 Å². The molecule has 0 saturated carbocycles. The molecule has 2 N–H and O–H groups in total. The Kier molecular flexibility index (Phi) is 3.73. The van der Waals surface area contributed by atoms with Crippen LogP contribution < -0.4 is 5.73 Å². The van der Waals surface area contributed by atoms with Gasteiger partial charge in [-0.05, 0) is 12.5 Å². The zero-order chi connectivity index (χ0) is 9.07. The second-order valence-electron chi connectivity index (χ2n) is 3.67. The lowest BCUT2D eigenvalue weighted by molar-refractivity contribution is 0.498. The Balaban J connectivity index is 4.35. The smallest absolute Gasteiger partial charge is 0.0166 e. The van der Waals surface area contributed by atoms with E-state index >= 15 is 0 Å². The molecule has 0 bridgehead atoms. The molecule has 0 saturated heterocycles. The van der Waals surface area contributed by atoms with Crippen LogP contribution in [0.3, 0.4) is 0 Å². The first-order chi connectivity index (χ1) is 4.88. The molecule has 0 amide bonds. The van der Waals surface area contributed by atoms with Gasteiger partial charge in [0.05, 0.1) is 0 Å². The zero-order valence-corrected chi connectivity index (χ0v) is 8.59. The average Bonchev–Trinajstić information content (AvgIpc) is 1.85. The standard InChI is InChI=1S/C9H17NS/c1-5-7(11)6-8(10)9(2,3)4/h6H,5,10H2,1-4H3/b8-6-. The molecule has 2 heteroatoms. The molecular weight excluding hydrogens is 154 g/mol. The normalized spacial score (nSPS) is 13.3. The number of hydrogen-bond acceptors (Lipinski definition) is 2. The molecule has 11 heavy (non-hydrogen) atoms. The van der Waals surface area contributed by atoms with Crippen LogP contribution in [0.15, 0.2) is 11.8 Å². The molecular formula is C9H17NS. The summed E-state index contributed by atoms with van der Waals surface area (Å²) in [4.78, 5) is 0.928. The number of hydrogen-bond donors (Lipinski definition) is 1. The Labute approximate surface area is 74.7 Å². The van der Waals surface area contributed by atoms with E-state index in [9.17, 15) is 0 Å². The van der Waals surface area contributed by atoms with Gasteiger partial charge in [0, 0.05) is 16.0 Å². The van der Waals surface area contributed by atoms with Crippen molar-refractivity contribution in [3.63, 3.8) is 0 Å². The quantitative estimate of drug-likeness (QED) is 0.510. The van der Waals surface area contributed by atoms with E-state index in [0.717, 1.165) is 17.0 Å². The second-order valence-corrected chi connectivity index (χ2v) is 4.19. The highest BCUT2D eigenvalue weighted by atomic mass is 32.1. The van der Waals surface area contributed by atoms with E-state index in [4.69, 9.17) is 18.0 Å². The van der Waals surface area contributed by atoms with Crippen LogP contribution in [-0.2, 0) is 0 Å². The first-order valence-corrected chi connectivity index (χ1v) is 4.29. The summed E-state index contributed by atoms with van der Waals surface area (Å²) < 4.78 is 0. The Morgan fingerprint density at radius 1 is 1.45 bits per heavy atom. The summed E-state index contributed by atoms with van der Waals surface area (Å²) in [5, 5.41) is 0. The van der Waals surface area contributed by atoms with Crippen LogP contribution in [0.1, 0.15) is 34.1 Å². The van der Waals surface area contributed by atoms with Crippen molar-refractivity contribution in [1.82, 2.24) is 0 Å². The molecule has 0 aliphatic rings. The molecule has 64 valence electrons.